The maximum absolute atomic E-state index is 13.5. The summed E-state index contributed by atoms with van der Waals surface area (Å²) >= 11 is 1.35. The van der Waals surface area contributed by atoms with Gasteiger partial charge in [0.25, 0.3) is 5.91 Å². The number of esters is 1. The number of thioether (sulfide) groups is 1. The van der Waals surface area contributed by atoms with Crippen LogP contribution in [0.4, 0.5) is 0 Å². The summed E-state index contributed by atoms with van der Waals surface area (Å²) in [6.07, 6.45) is 1.76. The summed E-state index contributed by atoms with van der Waals surface area (Å²) in [5.41, 5.74) is 4.34. The van der Waals surface area contributed by atoms with Crippen LogP contribution in [0, 0.1) is 6.92 Å². The Bertz CT molecular complexity index is 1520. The number of furan rings is 1. The highest BCUT2D eigenvalue weighted by atomic mass is 32.2. The molecule has 0 aliphatic carbocycles. The summed E-state index contributed by atoms with van der Waals surface area (Å²) < 4.78 is 10.9. The SMILES string of the molecule is COC(=O)c1ccc(-c2ccc(/C=C3/SC(=NCc4ccccc4)N(Cc4ccccc4)C3=O)o2)c(C)c1. The zero-order valence-corrected chi connectivity index (χ0v) is 21.9. The first-order valence-electron chi connectivity index (χ1n) is 12.1. The van der Waals surface area contributed by atoms with E-state index in [1.54, 1.807) is 23.1 Å². The largest absolute Gasteiger partial charge is 0.465 e. The number of amides is 1. The summed E-state index contributed by atoms with van der Waals surface area (Å²) in [5, 5.41) is 0.662. The maximum atomic E-state index is 13.5. The number of amidine groups is 1. The summed E-state index contributed by atoms with van der Waals surface area (Å²) in [5.74, 6) is 0.727. The molecule has 1 amide bonds. The maximum Gasteiger partial charge on any atom is 0.337 e. The third-order valence-electron chi connectivity index (χ3n) is 6.12. The van der Waals surface area contributed by atoms with Crippen LogP contribution in [0.1, 0.15) is 32.8 Å². The number of rotatable bonds is 7. The number of methoxy groups -OCH3 is 1. The number of hydrogen-bond acceptors (Lipinski definition) is 6. The van der Waals surface area contributed by atoms with Gasteiger partial charge in [0.1, 0.15) is 11.5 Å². The molecular weight excluding hydrogens is 496 g/mol. The van der Waals surface area contributed by atoms with Gasteiger partial charge < -0.3 is 9.15 Å². The Morgan fingerprint density at radius 1 is 0.974 bits per heavy atom. The van der Waals surface area contributed by atoms with Crippen LogP contribution >= 0.6 is 11.8 Å². The van der Waals surface area contributed by atoms with E-state index in [0.29, 0.717) is 40.2 Å². The fourth-order valence-electron chi connectivity index (χ4n) is 4.16. The molecule has 1 aliphatic rings. The second-order valence-corrected chi connectivity index (χ2v) is 9.80. The van der Waals surface area contributed by atoms with E-state index in [1.165, 1.54) is 18.9 Å². The van der Waals surface area contributed by atoms with Crippen LogP contribution in [0.15, 0.2) is 105 Å². The van der Waals surface area contributed by atoms with Gasteiger partial charge >= 0.3 is 5.97 Å². The lowest BCUT2D eigenvalue weighted by Gasteiger charge is -2.15. The van der Waals surface area contributed by atoms with Crippen LogP contribution in [-0.2, 0) is 22.6 Å². The highest BCUT2D eigenvalue weighted by Crippen LogP contribution is 2.35. The standard InChI is InChI=1S/C31H26N2O4S/c1-21-17-24(30(35)36-2)13-15-26(21)27-16-14-25(37-27)18-28-29(34)33(20-23-11-7-4-8-12-23)31(38-28)32-19-22-9-5-3-6-10-22/h3-18H,19-20H2,1-2H3/b28-18+,32-31?. The van der Waals surface area contributed by atoms with Gasteiger partial charge in [-0.2, -0.15) is 0 Å². The van der Waals surface area contributed by atoms with Crippen LogP contribution in [-0.4, -0.2) is 29.1 Å². The first-order chi connectivity index (χ1) is 18.5. The average molecular weight is 523 g/mol. The molecule has 1 aliphatic heterocycles. The predicted molar refractivity (Wildman–Crippen MR) is 150 cm³/mol. The normalized spacial score (nSPS) is 15.4. The number of hydrogen-bond donors (Lipinski definition) is 0. The van der Waals surface area contributed by atoms with Crippen molar-refractivity contribution in [1.29, 1.82) is 0 Å². The predicted octanol–water partition coefficient (Wildman–Crippen LogP) is 6.71. The number of carbonyl (C=O) groups excluding carboxylic acids is 2. The molecule has 38 heavy (non-hydrogen) atoms. The van der Waals surface area contributed by atoms with Crippen LogP contribution in [0.5, 0.6) is 0 Å². The topological polar surface area (TPSA) is 72.1 Å². The average Bonchev–Trinajstić information content (AvgIpc) is 3.52. The van der Waals surface area contributed by atoms with Gasteiger partial charge in [-0.15, -0.1) is 0 Å². The smallest absolute Gasteiger partial charge is 0.337 e. The fourth-order valence-corrected chi connectivity index (χ4v) is 5.12. The van der Waals surface area contributed by atoms with Gasteiger partial charge in [-0.25, -0.2) is 4.79 Å². The van der Waals surface area contributed by atoms with Gasteiger partial charge in [-0.05, 0) is 59.6 Å². The molecule has 3 aromatic carbocycles. The molecule has 0 atom stereocenters. The highest BCUT2D eigenvalue weighted by molar-refractivity contribution is 8.18. The van der Waals surface area contributed by atoms with Crippen molar-refractivity contribution in [2.24, 2.45) is 4.99 Å². The van der Waals surface area contributed by atoms with Crippen molar-refractivity contribution in [2.45, 2.75) is 20.0 Å². The Kier molecular flexibility index (Phi) is 7.56. The number of aliphatic imine (C=N–C) groups is 1. The molecule has 1 aromatic heterocycles. The summed E-state index contributed by atoms with van der Waals surface area (Å²) in [6.45, 7) is 2.84. The molecule has 0 unspecified atom stereocenters. The van der Waals surface area contributed by atoms with Gasteiger partial charge in [0.05, 0.1) is 30.7 Å². The van der Waals surface area contributed by atoms with Gasteiger partial charge in [0.2, 0.25) is 0 Å². The van der Waals surface area contributed by atoms with Crippen molar-refractivity contribution in [3.63, 3.8) is 0 Å². The Morgan fingerprint density at radius 3 is 2.37 bits per heavy atom. The zero-order valence-electron chi connectivity index (χ0n) is 21.1. The van der Waals surface area contributed by atoms with Crippen molar-refractivity contribution in [3.8, 4) is 11.3 Å². The van der Waals surface area contributed by atoms with E-state index in [-0.39, 0.29) is 11.9 Å². The second kappa shape index (κ2) is 11.4. The van der Waals surface area contributed by atoms with Crippen molar-refractivity contribution in [1.82, 2.24) is 4.90 Å². The lowest BCUT2D eigenvalue weighted by atomic mass is 10.0. The van der Waals surface area contributed by atoms with Gasteiger partial charge in [0, 0.05) is 11.6 Å². The number of carbonyl (C=O) groups is 2. The third kappa shape index (κ3) is 5.63. The van der Waals surface area contributed by atoms with Crippen molar-refractivity contribution >= 4 is 34.9 Å². The third-order valence-corrected chi connectivity index (χ3v) is 7.17. The molecule has 1 fully saturated rings. The molecule has 0 saturated carbocycles. The van der Waals surface area contributed by atoms with Gasteiger partial charge in [-0.1, -0.05) is 66.7 Å². The fraction of sp³-hybridized carbons (Fsp3) is 0.129. The molecule has 0 bridgehead atoms. The number of ether oxygens (including phenoxy) is 1. The van der Waals surface area contributed by atoms with Gasteiger partial charge in [-0.3, -0.25) is 14.7 Å². The first-order valence-corrected chi connectivity index (χ1v) is 13.0. The van der Waals surface area contributed by atoms with Crippen LogP contribution in [0.25, 0.3) is 17.4 Å². The van der Waals surface area contributed by atoms with Crippen LogP contribution in [0.3, 0.4) is 0 Å². The number of aryl methyl sites for hydroxylation is 1. The summed E-state index contributed by atoms with van der Waals surface area (Å²) in [6, 6.07) is 28.9. The van der Waals surface area contributed by atoms with Crippen molar-refractivity contribution in [3.05, 3.63) is 124 Å². The Balaban J connectivity index is 1.41. The number of benzene rings is 3. The molecule has 5 rings (SSSR count). The molecule has 6 nitrogen and oxygen atoms in total. The molecular formula is C31H26N2O4S. The lowest BCUT2D eigenvalue weighted by molar-refractivity contribution is -0.122. The zero-order chi connectivity index (χ0) is 26.5. The second-order valence-electron chi connectivity index (χ2n) is 8.80. The molecule has 190 valence electrons. The van der Waals surface area contributed by atoms with Gasteiger partial charge in [0.15, 0.2) is 5.17 Å². The van der Waals surface area contributed by atoms with Crippen molar-refractivity contribution in [2.75, 3.05) is 7.11 Å². The monoisotopic (exact) mass is 522 g/mol. The quantitative estimate of drug-likeness (QED) is 0.199. The molecule has 0 N–H and O–H groups in total. The molecule has 1 saturated heterocycles. The van der Waals surface area contributed by atoms with E-state index in [1.807, 2.05) is 85.8 Å². The van der Waals surface area contributed by atoms with E-state index in [0.717, 1.165) is 22.3 Å². The summed E-state index contributed by atoms with van der Waals surface area (Å²) in [7, 11) is 1.36. The molecule has 0 spiro atoms. The Morgan fingerprint density at radius 2 is 1.68 bits per heavy atom. The highest BCUT2D eigenvalue weighted by Gasteiger charge is 2.33. The van der Waals surface area contributed by atoms with E-state index in [4.69, 9.17) is 14.1 Å². The summed E-state index contributed by atoms with van der Waals surface area (Å²) in [4.78, 5) is 32.3. The van der Waals surface area contributed by atoms with E-state index < -0.39 is 0 Å². The van der Waals surface area contributed by atoms with E-state index in [9.17, 15) is 9.59 Å². The lowest BCUT2D eigenvalue weighted by Crippen LogP contribution is -2.28. The van der Waals surface area contributed by atoms with Crippen LogP contribution < -0.4 is 0 Å². The molecule has 0 radical (unpaired) electrons. The van der Waals surface area contributed by atoms with Crippen LogP contribution in [0.2, 0.25) is 0 Å². The van der Waals surface area contributed by atoms with Crippen molar-refractivity contribution < 1.29 is 18.7 Å². The minimum atomic E-state index is -0.383. The van der Waals surface area contributed by atoms with E-state index >= 15 is 0 Å². The first kappa shape index (κ1) is 25.3. The number of nitrogens with zero attached hydrogens (tertiary/aromatic N) is 2. The minimum Gasteiger partial charge on any atom is -0.465 e. The molecule has 4 aromatic rings. The Hall–Kier alpha value is -4.36. The van der Waals surface area contributed by atoms with E-state index in [2.05, 4.69) is 0 Å². The molecule has 2 heterocycles. The molecule has 7 heteroatoms. The Labute approximate surface area is 225 Å². The minimum absolute atomic E-state index is 0.109.